The van der Waals surface area contributed by atoms with Gasteiger partial charge < -0.3 is 4.90 Å². The summed E-state index contributed by atoms with van der Waals surface area (Å²) in [5.74, 6) is 1.26. The number of nitrogens with zero attached hydrogens (tertiary/aromatic N) is 1. The van der Waals surface area contributed by atoms with Crippen molar-refractivity contribution in [2.75, 3.05) is 13.1 Å². The van der Waals surface area contributed by atoms with Crippen LogP contribution < -0.4 is 0 Å². The molecule has 0 unspecified atom stereocenters. The van der Waals surface area contributed by atoms with Crippen molar-refractivity contribution in [2.45, 2.75) is 46.6 Å². The lowest BCUT2D eigenvalue weighted by Crippen LogP contribution is -2.41. The highest BCUT2D eigenvalue weighted by atomic mass is 32.1. The molecule has 0 aromatic heterocycles. The first-order valence-corrected chi connectivity index (χ1v) is 6.19. The minimum Gasteiger partial charge on any atom is -0.300 e. The Morgan fingerprint density at radius 3 is 2.00 bits per heavy atom. The molecule has 0 aromatic rings. The summed E-state index contributed by atoms with van der Waals surface area (Å²) in [5, 5.41) is 0. The van der Waals surface area contributed by atoms with Gasteiger partial charge in [0.15, 0.2) is 0 Å². The molecule has 1 heterocycles. The number of likely N-dealkylation sites (tertiary alicyclic amines) is 1. The van der Waals surface area contributed by atoms with Crippen molar-refractivity contribution in [1.29, 1.82) is 0 Å². The fourth-order valence-electron chi connectivity index (χ4n) is 2.74. The molecule has 1 aliphatic rings. The third-order valence-corrected chi connectivity index (χ3v) is 3.70. The lowest BCUT2D eigenvalue weighted by atomic mass is 9.86. The summed E-state index contributed by atoms with van der Waals surface area (Å²) in [4.78, 5) is 3.78. The highest BCUT2D eigenvalue weighted by molar-refractivity contribution is 7.80. The topological polar surface area (TPSA) is 3.24 Å². The Morgan fingerprint density at radius 1 is 1.14 bits per heavy atom. The Morgan fingerprint density at radius 2 is 1.64 bits per heavy atom. The van der Waals surface area contributed by atoms with Crippen molar-refractivity contribution < 1.29 is 0 Å². The van der Waals surface area contributed by atoms with Crippen LogP contribution in [0.4, 0.5) is 0 Å². The third kappa shape index (κ3) is 2.77. The SMILES string of the molecule is CC(=S)[C@H](C(C)C)[C@H](C)N1CCCC1. The molecule has 1 fully saturated rings. The second-order valence-corrected chi connectivity index (χ2v) is 5.51. The molecular weight excluding hydrogens is 190 g/mol. The maximum Gasteiger partial charge on any atom is 0.0143 e. The van der Waals surface area contributed by atoms with E-state index in [0.717, 1.165) is 0 Å². The summed E-state index contributed by atoms with van der Waals surface area (Å²) in [5.41, 5.74) is 0. The van der Waals surface area contributed by atoms with E-state index in [1.807, 2.05) is 0 Å². The van der Waals surface area contributed by atoms with Crippen molar-refractivity contribution in [3.63, 3.8) is 0 Å². The van der Waals surface area contributed by atoms with E-state index in [-0.39, 0.29) is 0 Å². The summed E-state index contributed by atoms with van der Waals surface area (Å²) in [6.45, 7) is 11.6. The van der Waals surface area contributed by atoms with Gasteiger partial charge in [0.2, 0.25) is 0 Å². The molecular formula is C12H23NS. The monoisotopic (exact) mass is 213 g/mol. The van der Waals surface area contributed by atoms with Gasteiger partial charge in [-0.1, -0.05) is 26.1 Å². The molecule has 0 bridgehead atoms. The lowest BCUT2D eigenvalue weighted by Gasteiger charge is -2.33. The summed E-state index contributed by atoms with van der Waals surface area (Å²) in [6, 6.07) is 0.634. The summed E-state index contributed by atoms with van der Waals surface area (Å²) >= 11 is 5.38. The van der Waals surface area contributed by atoms with Crippen molar-refractivity contribution in [2.24, 2.45) is 11.8 Å². The average Bonchev–Trinajstić information content (AvgIpc) is 2.53. The van der Waals surface area contributed by atoms with E-state index in [1.54, 1.807) is 0 Å². The van der Waals surface area contributed by atoms with Gasteiger partial charge in [-0.15, -0.1) is 0 Å². The quantitative estimate of drug-likeness (QED) is 0.660. The van der Waals surface area contributed by atoms with E-state index in [0.29, 0.717) is 17.9 Å². The van der Waals surface area contributed by atoms with Crippen molar-refractivity contribution in [1.82, 2.24) is 4.90 Å². The highest BCUT2D eigenvalue weighted by Gasteiger charge is 2.28. The molecule has 0 spiro atoms. The van der Waals surface area contributed by atoms with Gasteiger partial charge in [0.1, 0.15) is 0 Å². The number of hydrogen-bond acceptors (Lipinski definition) is 2. The number of rotatable bonds is 4. The molecule has 0 radical (unpaired) electrons. The molecule has 0 N–H and O–H groups in total. The minimum absolute atomic E-state index is 0.586. The summed E-state index contributed by atoms with van der Waals surface area (Å²) in [6.07, 6.45) is 2.73. The number of thiocarbonyl (C=S) groups is 1. The average molecular weight is 213 g/mol. The van der Waals surface area contributed by atoms with E-state index >= 15 is 0 Å². The van der Waals surface area contributed by atoms with Gasteiger partial charge in [-0.2, -0.15) is 0 Å². The second kappa shape index (κ2) is 5.22. The Balaban J connectivity index is 2.62. The first-order chi connectivity index (χ1) is 6.54. The molecule has 1 nitrogen and oxygen atoms in total. The van der Waals surface area contributed by atoms with E-state index in [1.165, 1.54) is 30.8 Å². The fraction of sp³-hybridized carbons (Fsp3) is 0.917. The predicted octanol–water partition coefficient (Wildman–Crippen LogP) is 3.13. The van der Waals surface area contributed by atoms with Crippen molar-refractivity contribution in [3.8, 4) is 0 Å². The van der Waals surface area contributed by atoms with Crippen LogP contribution in [0, 0.1) is 11.8 Å². The molecule has 1 rings (SSSR count). The molecule has 0 saturated carbocycles. The standard InChI is InChI=1S/C12H23NS/c1-9(2)12(11(4)14)10(3)13-7-5-6-8-13/h9-10,12H,5-8H2,1-4H3/t10-,12+/m0/s1. The van der Waals surface area contributed by atoms with Gasteiger partial charge in [0.25, 0.3) is 0 Å². The van der Waals surface area contributed by atoms with Crippen LogP contribution in [-0.2, 0) is 0 Å². The largest absolute Gasteiger partial charge is 0.300 e. The van der Waals surface area contributed by atoms with Gasteiger partial charge >= 0.3 is 0 Å². The van der Waals surface area contributed by atoms with Gasteiger partial charge in [-0.3, -0.25) is 0 Å². The normalized spacial score (nSPS) is 22.6. The zero-order valence-electron chi connectivity index (χ0n) is 9.92. The summed E-state index contributed by atoms with van der Waals surface area (Å²) < 4.78 is 0. The van der Waals surface area contributed by atoms with Gasteiger partial charge in [0.05, 0.1) is 0 Å². The van der Waals surface area contributed by atoms with Crippen LogP contribution in [-0.4, -0.2) is 28.9 Å². The molecule has 1 aliphatic heterocycles. The van der Waals surface area contributed by atoms with Gasteiger partial charge in [-0.05, 0) is 50.6 Å². The maximum absolute atomic E-state index is 5.38. The van der Waals surface area contributed by atoms with Crippen LogP contribution in [0.2, 0.25) is 0 Å². The highest BCUT2D eigenvalue weighted by Crippen LogP contribution is 2.24. The molecule has 0 aromatic carbocycles. The number of hydrogen-bond donors (Lipinski definition) is 0. The smallest absolute Gasteiger partial charge is 0.0143 e. The van der Waals surface area contributed by atoms with Gasteiger partial charge in [0, 0.05) is 12.0 Å². The van der Waals surface area contributed by atoms with Crippen LogP contribution in [0.3, 0.4) is 0 Å². The first kappa shape index (κ1) is 12.1. The Labute approximate surface area is 93.9 Å². The Bertz CT molecular complexity index is 194. The first-order valence-electron chi connectivity index (χ1n) is 5.78. The minimum atomic E-state index is 0.586. The van der Waals surface area contributed by atoms with Crippen molar-refractivity contribution in [3.05, 3.63) is 0 Å². The lowest BCUT2D eigenvalue weighted by molar-refractivity contribution is 0.196. The predicted molar refractivity (Wildman–Crippen MR) is 66.9 cm³/mol. The molecule has 1 saturated heterocycles. The Kier molecular flexibility index (Phi) is 4.52. The van der Waals surface area contributed by atoms with Crippen LogP contribution in [0.15, 0.2) is 0 Å². The molecule has 2 atom stereocenters. The molecule has 2 heteroatoms. The van der Waals surface area contributed by atoms with Gasteiger partial charge in [-0.25, -0.2) is 0 Å². The van der Waals surface area contributed by atoms with Crippen LogP contribution >= 0.6 is 12.2 Å². The molecule has 0 amide bonds. The van der Waals surface area contributed by atoms with E-state index in [4.69, 9.17) is 12.2 Å². The zero-order chi connectivity index (χ0) is 10.7. The van der Waals surface area contributed by atoms with Crippen LogP contribution in [0.5, 0.6) is 0 Å². The molecule has 82 valence electrons. The van der Waals surface area contributed by atoms with E-state index in [9.17, 15) is 0 Å². The fourth-order valence-corrected chi connectivity index (χ4v) is 3.21. The molecule has 0 aliphatic carbocycles. The zero-order valence-corrected chi connectivity index (χ0v) is 10.7. The van der Waals surface area contributed by atoms with Crippen LogP contribution in [0.1, 0.15) is 40.5 Å². The van der Waals surface area contributed by atoms with E-state index in [2.05, 4.69) is 32.6 Å². The van der Waals surface area contributed by atoms with Crippen molar-refractivity contribution >= 4 is 17.1 Å². The van der Waals surface area contributed by atoms with Crippen LogP contribution in [0.25, 0.3) is 0 Å². The summed E-state index contributed by atoms with van der Waals surface area (Å²) in [7, 11) is 0. The van der Waals surface area contributed by atoms with E-state index < -0.39 is 0 Å². The maximum atomic E-state index is 5.38. The third-order valence-electron chi connectivity index (χ3n) is 3.42. The Hall–Kier alpha value is 0.0500. The molecule has 14 heavy (non-hydrogen) atoms. The second-order valence-electron chi connectivity index (χ2n) is 4.86.